The lowest BCUT2D eigenvalue weighted by molar-refractivity contribution is 0.661. The molecule has 1 aliphatic carbocycles. The largest absolute Gasteiger partial charge is 0.135 e. The second kappa shape index (κ2) is 9.39. The average molecular weight is 603 g/mol. The predicted molar refractivity (Wildman–Crippen MR) is 200 cm³/mol. The van der Waals surface area contributed by atoms with E-state index in [0.717, 1.165) is 0 Å². The summed E-state index contributed by atoms with van der Waals surface area (Å²) in [5, 5.41) is 10.7. The average Bonchev–Trinajstić information content (AvgIpc) is 3.59. The van der Waals surface area contributed by atoms with Crippen LogP contribution in [0.4, 0.5) is 0 Å². The Balaban J connectivity index is 1.14. The van der Waals surface area contributed by atoms with Crippen LogP contribution in [0.15, 0.2) is 146 Å². The van der Waals surface area contributed by atoms with Crippen molar-refractivity contribution in [2.24, 2.45) is 0 Å². The molecule has 0 amide bonds. The Hall–Kier alpha value is -5.24. The molecular weight excluding hydrogens is 573 g/mol. The van der Waals surface area contributed by atoms with E-state index in [-0.39, 0.29) is 5.41 Å². The van der Waals surface area contributed by atoms with Gasteiger partial charge < -0.3 is 0 Å². The first-order valence-electron chi connectivity index (χ1n) is 16.1. The fraction of sp³-hybridized carbons (Fsp3) is 0.0667. The van der Waals surface area contributed by atoms with Crippen LogP contribution < -0.4 is 0 Å². The highest BCUT2D eigenvalue weighted by Gasteiger charge is 2.36. The molecule has 0 saturated heterocycles. The zero-order chi connectivity index (χ0) is 30.6. The molecule has 8 aromatic carbocycles. The van der Waals surface area contributed by atoms with Crippen LogP contribution >= 0.6 is 11.3 Å². The maximum absolute atomic E-state index is 2.49. The first-order valence-corrected chi connectivity index (χ1v) is 16.9. The molecule has 9 aromatic rings. The molecular formula is C45H30S. The minimum Gasteiger partial charge on any atom is -0.135 e. The topological polar surface area (TPSA) is 0 Å². The lowest BCUT2D eigenvalue weighted by Gasteiger charge is -2.23. The molecule has 1 aliphatic rings. The highest BCUT2D eigenvalue weighted by atomic mass is 32.1. The summed E-state index contributed by atoms with van der Waals surface area (Å²) in [5.41, 5.74) is 10.5. The second-order valence-electron chi connectivity index (χ2n) is 13.3. The van der Waals surface area contributed by atoms with Crippen molar-refractivity contribution < 1.29 is 0 Å². The third-order valence-electron chi connectivity index (χ3n) is 10.4. The predicted octanol–water partition coefficient (Wildman–Crippen LogP) is 13.2. The summed E-state index contributed by atoms with van der Waals surface area (Å²) in [7, 11) is 0. The summed E-state index contributed by atoms with van der Waals surface area (Å²) in [6, 6.07) is 54.5. The molecule has 0 radical (unpaired) electrons. The van der Waals surface area contributed by atoms with Crippen LogP contribution in [-0.2, 0) is 5.41 Å². The van der Waals surface area contributed by atoms with E-state index in [4.69, 9.17) is 0 Å². The number of hydrogen-bond donors (Lipinski definition) is 0. The van der Waals surface area contributed by atoms with Crippen molar-refractivity contribution >= 4 is 63.8 Å². The minimum absolute atomic E-state index is 0.111. The molecule has 0 unspecified atom stereocenters. The molecule has 0 bridgehead atoms. The van der Waals surface area contributed by atoms with E-state index in [2.05, 4.69) is 159 Å². The monoisotopic (exact) mass is 602 g/mol. The normalized spacial score (nSPS) is 13.6. The van der Waals surface area contributed by atoms with Gasteiger partial charge in [0.2, 0.25) is 0 Å². The van der Waals surface area contributed by atoms with Crippen LogP contribution in [-0.4, -0.2) is 0 Å². The van der Waals surface area contributed by atoms with Gasteiger partial charge in [0, 0.05) is 25.6 Å². The second-order valence-corrected chi connectivity index (χ2v) is 14.4. The van der Waals surface area contributed by atoms with Crippen LogP contribution in [0.1, 0.15) is 25.0 Å². The van der Waals surface area contributed by atoms with Crippen molar-refractivity contribution in [2.75, 3.05) is 0 Å². The molecule has 1 heterocycles. The van der Waals surface area contributed by atoms with Gasteiger partial charge in [-0.05, 0) is 113 Å². The number of hydrogen-bond acceptors (Lipinski definition) is 1. The summed E-state index contributed by atoms with van der Waals surface area (Å²) in [4.78, 5) is 0. The Morgan fingerprint density at radius 1 is 0.370 bits per heavy atom. The van der Waals surface area contributed by atoms with Crippen molar-refractivity contribution in [2.45, 2.75) is 19.3 Å². The summed E-state index contributed by atoms with van der Waals surface area (Å²) < 4.78 is 2.68. The van der Waals surface area contributed by atoms with E-state index in [0.29, 0.717) is 0 Å². The lowest BCUT2D eigenvalue weighted by Crippen LogP contribution is -2.15. The van der Waals surface area contributed by atoms with Gasteiger partial charge in [-0.1, -0.05) is 123 Å². The van der Waals surface area contributed by atoms with Gasteiger partial charge in [-0.3, -0.25) is 0 Å². The first-order chi connectivity index (χ1) is 22.6. The van der Waals surface area contributed by atoms with Gasteiger partial charge >= 0.3 is 0 Å². The van der Waals surface area contributed by atoms with Gasteiger partial charge in [-0.2, -0.15) is 0 Å². The zero-order valence-corrected chi connectivity index (χ0v) is 26.6. The molecule has 46 heavy (non-hydrogen) atoms. The van der Waals surface area contributed by atoms with Gasteiger partial charge in [0.05, 0.1) is 0 Å². The minimum atomic E-state index is -0.111. The van der Waals surface area contributed by atoms with Crippen LogP contribution in [0.3, 0.4) is 0 Å². The molecule has 0 fully saturated rings. The first kappa shape index (κ1) is 26.0. The maximum Gasteiger partial charge on any atom is 0.0361 e. The van der Waals surface area contributed by atoms with Crippen molar-refractivity contribution in [1.29, 1.82) is 0 Å². The van der Waals surface area contributed by atoms with Crippen molar-refractivity contribution in [3.8, 4) is 33.4 Å². The highest BCUT2D eigenvalue weighted by molar-refractivity contribution is 7.25. The molecule has 0 spiro atoms. The van der Waals surface area contributed by atoms with Gasteiger partial charge in [0.25, 0.3) is 0 Å². The Labute approximate surface area is 272 Å². The molecule has 1 heteroatoms. The van der Waals surface area contributed by atoms with Crippen molar-refractivity contribution in [1.82, 2.24) is 0 Å². The fourth-order valence-electron chi connectivity index (χ4n) is 8.19. The highest BCUT2D eigenvalue weighted by Crippen LogP contribution is 2.52. The van der Waals surface area contributed by atoms with Gasteiger partial charge in [-0.25, -0.2) is 0 Å². The van der Waals surface area contributed by atoms with E-state index < -0.39 is 0 Å². The molecule has 1 aromatic heterocycles. The number of benzene rings is 8. The molecule has 0 N–H and O–H groups in total. The van der Waals surface area contributed by atoms with E-state index in [1.165, 1.54) is 97.0 Å². The standard InChI is InChI=1S/C45H30S/c1-45(2)40-24-28(27-11-9-12-29(23-27)30-18-10-20-43-44(30)36-17-7-8-19-42(36)46-43)21-22-35(40)39-25-37-33-15-5-3-13-31(33)32-14-4-6-16-34(32)38(37)26-41(39)45/h3-26H,1-2H3. The van der Waals surface area contributed by atoms with E-state index in [1.807, 2.05) is 11.3 Å². The maximum atomic E-state index is 2.49. The van der Waals surface area contributed by atoms with Gasteiger partial charge in [0.15, 0.2) is 0 Å². The lowest BCUT2D eigenvalue weighted by atomic mass is 9.80. The Bertz CT molecular complexity index is 2720. The third-order valence-corrected chi connectivity index (χ3v) is 11.6. The third kappa shape index (κ3) is 3.55. The Morgan fingerprint density at radius 2 is 0.935 bits per heavy atom. The van der Waals surface area contributed by atoms with Crippen molar-refractivity contribution in [3.05, 3.63) is 157 Å². The summed E-state index contributed by atoms with van der Waals surface area (Å²) in [6.45, 7) is 4.80. The Kier molecular flexibility index (Phi) is 5.31. The fourth-order valence-corrected chi connectivity index (χ4v) is 9.33. The Morgan fingerprint density at radius 3 is 1.70 bits per heavy atom. The number of fused-ring (bicyclic) bond motifs is 12. The van der Waals surface area contributed by atoms with Crippen LogP contribution in [0.5, 0.6) is 0 Å². The molecule has 0 aliphatic heterocycles. The smallest absolute Gasteiger partial charge is 0.0361 e. The van der Waals surface area contributed by atoms with Crippen LogP contribution in [0.2, 0.25) is 0 Å². The molecule has 216 valence electrons. The van der Waals surface area contributed by atoms with Crippen LogP contribution in [0.25, 0.3) is 85.9 Å². The molecule has 10 rings (SSSR count). The van der Waals surface area contributed by atoms with Gasteiger partial charge in [-0.15, -0.1) is 11.3 Å². The number of rotatable bonds is 2. The molecule has 0 saturated carbocycles. The summed E-state index contributed by atoms with van der Waals surface area (Å²) in [5.74, 6) is 0. The summed E-state index contributed by atoms with van der Waals surface area (Å²) >= 11 is 1.88. The van der Waals surface area contributed by atoms with E-state index in [1.54, 1.807) is 0 Å². The SMILES string of the molecule is CC1(C)c2cc(-c3cccc(-c4cccc5sc6ccccc6c45)c3)ccc2-c2cc3c4ccccc4c4ccccc4c3cc21. The molecule has 0 nitrogen and oxygen atoms in total. The van der Waals surface area contributed by atoms with Gasteiger partial charge in [0.1, 0.15) is 0 Å². The quantitative estimate of drug-likeness (QED) is 0.173. The number of thiophene rings is 1. The zero-order valence-electron chi connectivity index (χ0n) is 25.8. The van der Waals surface area contributed by atoms with E-state index in [9.17, 15) is 0 Å². The van der Waals surface area contributed by atoms with Crippen molar-refractivity contribution in [3.63, 3.8) is 0 Å². The molecule has 0 atom stereocenters. The van der Waals surface area contributed by atoms with E-state index >= 15 is 0 Å². The summed E-state index contributed by atoms with van der Waals surface area (Å²) in [6.07, 6.45) is 0. The van der Waals surface area contributed by atoms with Crippen LogP contribution in [0, 0.1) is 0 Å².